The van der Waals surface area contributed by atoms with Crippen molar-refractivity contribution >= 4 is 5.91 Å². The molecule has 114 valence electrons. The Balaban J connectivity index is 1.78. The summed E-state index contributed by atoms with van der Waals surface area (Å²) < 4.78 is 0. The molecule has 2 atom stereocenters. The molecule has 3 nitrogen and oxygen atoms in total. The average molecular weight is 295 g/mol. The van der Waals surface area contributed by atoms with E-state index >= 15 is 0 Å². The van der Waals surface area contributed by atoms with E-state index in [9.17, 15) is 9.90 Å². The maximum Gasteiger partial charge on any atom is 0.251 e. The summed E-state index contributed by atoms with van der Waals surface area (Å²) in [6, 6.07) is 15.8. The number of carbonyl (C=O) groups excluding carboxylic acids is 1. The maximum atomic E-state index is 12.4. The van der Waals surface area contributed by atoms with Crippen LogP contribution in [0.5, 0.6) is 0 Å². The molecule has 2 aromatic carbocycles. The van der Waals surface area contributed by atoms with Crippen LogP contribution in [0.4, 0.5) is 0 Å². The number of aliphatic hydroxyl groups is 1. The largest absolute Gasteiger partial charge is 0.391 e. The van der Waals surface area contributed by atoms with Gasteiger partial charge in [0.25, 0.3) is 5.91 Å². The Kier molecular flexibility index (Phi) is 4.25. The van der Waals surface area contributed by atoms with Gasteiger partial charge in [0, 0.05) is 5.56 Å². The summed E-state index contributed by atoms with van der Waals surface area (Å²) in [6.45, 7) is 2.06. The van der Waals surface area contributed by atoms with Crippen molar-refractivity contribution in [3.05, 3.63) is 59.7 Å². The molecule has 0 aromatic heterocycles. The van der Waals surface area contributed by atoms with E-state index in [1.807, 2.05) is 24.3 Å². The third kappa shape index (κ3) is 3.20. The Morgan fingerprint density at radius 1 is 1.09 bits per heavy atom. The van der Waals surface area contributed by atoms with E-state index in [1.165, 1.54) is 5.56 Å². The number of amides is 1. The molecule has 0 bridgehead atoms. The molecule has 1 saturated carbocycles. The lowest BCUT2D eigenvalue weighted by atomic mass is 10.0. The second-order valence-corrected chi connectivity index (χ2v) is 6.03. The second kappa shape index (κ2) is 6.32. The molecule has 2 N–H and O–H groups in total. The third-order valence-corrected chi connectivity index (χ3v) is 4.31. The van der Waals surface area contributed by atoms with E-state index in [0.717, 1.165) is 30.4 Å². The highest BCUT2D eigenvalue weighted by Gasteiger charge is 2.26. The molecule has 0 heterocycles. The number of aliphatic hydroxyl groups excluding tert-OH is 1. The molecule has 0 aliphatic heterocycles. The van der Waals surface area contributed by atoms with Crippen LogP contribution >= 0.6 is 0 Å². The van der Waals surface area contributed by atoms with Gasteiger partial charge in [-0.2, -0.15) is 0 Å². The molecule has 0 radical (unpaired) electrons. The van der Waals surface area contributed by atoms with E-state index in [0.29, 0.717) is 5.56 Å². The molecule has 0 unspecified atom stereocenters. The monoisotopic (exact) mass is 295 g/mol. The number of carbonyl (C=O) groups is 1. The SMILES string of the molecule is Cc1ccc(-c2cccc(C(=O)N[C@@H]3CCC[C@@H]3O)c2)cc1. The molecule has 22 heavy (non-hydrogen) atoms. The van der Waals surface area contributed by atoms with E-state index in [-0.39, 0.29) is 11.9 Å². The van der Waals surface area contributed by atoms with Gasteiger partial charge in [0.15, 0.2) is 0 Å². The summed E-state index contributed by atoms with van der Waals surface area (Å²) in [7, 11) is 0. The van der Waals surface area contributed by atoms with Crippen LogP contribution in [-0.2, 0) is 0 Å². The van der Waals surface area contributed by atoms with Gasteiger partial charge in [0.2, 0.25) is 0 Å². The zero-order valence-corrected chi connectivity index (χ0v) is 12.8. The molecule has 2 aromatic rings. The minimum Gasteiger partial charge on any atom is -0.391 e. The Bertz CT molecular complexity index is 663. The van der Waals surface area contributed by atoms with Crippen LogP contribution < -0.4 is 5.32 Å². The lowest BCUT2D eigenvalue weighted by molar-refractivity contribution is 0.0873. The van der Waals surface area contributed by atoms with E-state index < -0.39 is 6.10 Å². The zero-order valence-electron chi connectivity index (χ0n) is 12.8. The van der Waals surface area contributed by atoms with E-state index in [4.69, 9.17) is 0 Å². The average Bonchev–Trinajstić information content (AvgIpc) is 2.93. The molecule has 3 rings (SSSR count). The van der Waals surface area contributed by atoms with Gasteiger partial charge in [-0.3, -0.25) is 4.79 Å². The minimum absolute atomic E-state index is 0.111. The van der Waals surface area contributed by atoms with Crippen molar-refractivity contribution in [2.24, 2.45) is 0 Å². The van der Waals surface area contributed by atoms with Gasteiger partial charge in [-0.15, -0.1) is 0 Å². The van der Waals surface area contributed by atoms with Crippen LogP contribution in [0.15, 0.2) is 48.5 Å². The Labute approximate surface area is 131 Å². The lowest BCUT2D eigenvalue weighted by Gasteiger charge is -2.16. The summed E-state index contributed by atoms with van der Waals surface area (Å²) in [5.74, 6) is -0.111. The molecule has 1 fully saturated rings. The van der Waals surface area contributed by atoms with Crippen LogP contribution in [0, 0.1) is 6.92 Å². The molecule has 1 aliphatic carbocycles. The van der Waals surface area contributed by atoms with Gasteiger partial charge in [-0.05, 0) is 49.4 Å². The maximum absolute atomic E-state index is 12.4. The number of hydrogen-bond acceptors (Lipinski definition) is 2. The Morgan fingerprint density at radius 3 is 2.55 bits per heavy atom. The van der Waals surface area contributed by atoms with Crippen molar-refractivity contribution in [1.29, 1.82) is 0 Å². The number of nitrogens with one attached hydrogen (secondary N) is 1. The first kappa shape index (κ1) is 14.8. The van der Waals surface area contributed by atoms with Crippen molar-refractivity contribution in [2.75, 3.05) is 0 Å². The van der Waals surface area contributed by atoms with Gasteiger partial charge in [-0.25, -0.2) is 0 Å². The molecular weight excluding hydrogens is 274 g/mol. The fourth-order valence-electron chi connectivity index (χ4n) is 2.95. The topological polar surface area (TPSA) is 49.3 Å². The fourth-order valence-corrected chi connectivity index (χ4v) is 2.95. The fraction of sp³-hybridized carbons (Fsp3) is 0.316. The first-order valence-electron chi connectivity index (χ1n) is 7.79. The van der Waals surface area contributed by atoms with Crippen LogP contribution in [0.1, 0.15) is 35.2 Å². The van der Waals surface area contributed by atoms with Crippen molar-refractivity contribution in [2.45, 2.75) is 38.3 Å². The first-order valence-corrected chi connectivity index (χ1v) is 7.79. The van der Waals surface area contributed by atoms with Crippen molar-refractivity contribution in [3.63, 3.8) is 0 Å². The quantitative estimate of drug-likeness (QED) is 0.912. The van der Waals surface area contributed by atoms with Crippen LogP contribution in [0.2, 0.25) is 0 Å². The van der Waals surface area contributed by atoms with Crippen molar-refractivity contribution in [3.8, 4) is 11.1 Å². The molecule has 3 heteroatoms. The Hall–Kier alpha value is -2.13. The van der Waals surface area contributed by atoms with Gasteiger partial charge in [-0.1, -0.05) is 42.0 Å². The van der Waals surface area contributed by atoms with Gasteiger partial charge in [0.05, 0.1) is 12.1 Å². The third-order valence-electron chi connectivity index (χ3n) is 4.31. The van der Waals surface area contributed by atoms with Crippen LogP contribution in [-0.4, -0.2) is 23.2 Å². The smallest absolute Gasteiger partial charge is 0.251 e. The highest BCUT2D eigenvalue weighted by molar-refractivity contribution is 5.95. The summed E-state index contributed by atoms with van der Waals surface area (Å²) in [6.07, 6.45) is 2.18. The predicted molar refractivity (Wildman–Crippen MR) is 87.7 cm³/mol. The number of hydrogen-bond donors (Lipinski definition) is 2. The standard InChI is InChI=1S/C19H21NO2/c1-13-8-10-14(11-9-13)15-4-2-5-16(12-15)19(22)20-17-6-3-7-18(17)21/h2,4-5,8-12,17-18,21H,3,6-7H2,1H3,(H,20,22)/t17-,18+/m1/s1. The van der Waals surface area contributed by atoms with Gasteiger partial charge >= 0.3 is 0 Å². The molecule has 1 aliphatic rings. The molecule has 1 amide bonds. The van der Waals surface area contributed by atoms with E-state index in [1.54, 1.807) is 0 Å². The van der Waals surface area contributed by atoms with Crippen LogP contribution in [0.25, 0.3) is 11.1 Å². The molecule has 0 saturated heterocycles. The highest BCUT2D eigenvalue weighted by atomic mass is 16.3. The number of benzene rings is 2. The summed E-state index contributed by atoms with van der Waals surface area (Å²) in [5.41, 5.74) is 3.98. The van der Waals surface area contributed by atoms with Gasteiger partial charge < -0.3 is 10.4 Å². The normalized spacial score (nSPS) is 20.8. The predicted octanol–water partition coefficient (Wildman–Crippen LogP) is 3.31. The van der Waals surface area contributed by atoms with Crippen LogP contribution in [0.3, 0.4) is 0 Å². The summed E-state index contributed by atoms with van der Waals surface area (Å²) >= 11 is 0. The van der Waals surface area contributed by atoms with Crippen molar-refractivity contribution < 1.29 is 9.90 Å². The summed E-state index contributed by atoms with van der Waals surface area (Å²) in [5, 5.41) is 12.8. The minimum atomic E-state index is -0.413. The number of aryl methyl sites for hydroxylation is 1. The van der Waals surface area contributed by atoms with Crippen molar-refractivity contribution in [1.82, 2.24) is 5.32 Å². The van der Waals surface area contributed by atoms with Gasteiger partial charge in [0.1, 0.15) is 0 Å². The summed E-state index contributed by atoms with van der Waals surface area (Å²) in [4.78, 5) is 12.4. The number of rotatable bonds is 3. The molecular formula is C19H21NO2. The second-order valence-electron chi connectivity index (χ2n) is 6.03. The highest BCUT2D eigenvalue weighted by Crippen LogP contribution is 2.22. The Morgan fingerprint density at radius 2 is 1.86 bits per heavy atom. The van der Waals surface area contributed by atoms with E-state index in [2.05, 4.69) is 36.5 Å². The zero-order chi connectivity index (χ0) is 15.5. The first-order chi connectivity index (χ1) is 10.6. The molecule has 0 spiro atoms. The lowest BCUT2D eigenvalue weighted by Crippen LogP contribution is -2.39.